The number of aromatic nitrogens is 1. The predicted molar refractivity (Wildman–Crippen MR) is 62.0 cm³/mol. The van der Waals surface area contributed by atoms with Gasteiger partial charge >= 0.3 is 0 Å². The number of hydrogen-bond donors (Lipinski definition) is 1. The zero-order chi connectivity index (χ0) is 10.5. The summed E-state index contributed by atoms with van der Waals surface area (Å²) >= 11 is 0. The van der Waals surface area contributed by atoms with Crippen LogP contribution in [0.5, 0.6) is 0 Å². The summed E-state index contributed by atoms with van der Waals surface area (Å²) in [6.45, 7) is 1.07. The molecule has 1 aliphatic rings. The Kier molecular flexibility index (Phi) is 3.86. The second kappa shape index (κ2) is 5.37. The van der Waals surface area contributed by atoms with Crippen LogP contribution in [0.3, 0.4) is 0 Å². The van der Waals surface area contributed by atoms with E-state index in [1.807, 2.05) is 18.2 Å². The van der Waals surface area contributed by atoms with Gasteiger partial charge in [0.25, 0.3) is 0 Å². The first-order valence-corrected chi connectivity index (χ1v) is 6.81. The van der Waals surface area contributed by atoms with Crippen molar-refractivity contribution in [3.8, 4) is 0 Å². The van der Waals surface area contributed by atoms with E-state index >= 15 is 0 Å². The molecule has 82 valence electrons. The lowest BCUT2D eigenvalue weighted by Gasteiger charge is -2.08. The molecular weight excluding hydrogens is 208 g/mol. The number of nitrogens with one attached hydrogen (secondary N) is 1. The highest BCUT2D eigenvalue weighted by molar-refractivity contribution is 7.84. The molecule has 1 N–H and O–H groups in total. The smallest absolute Gasteiger partial charge is 0.0659 e. The minimum atomic E-state index is -0.786. The molecule has 0 aromatic carbocycles. The van der Waals surface area contributed by atoms with Gasteiger partial charge in [0.1, 0.15) is 0 Å². The van der Waals surface area contributed by atoms with E-state index in [4.69, 9.17) is 0 Å². The molecule has 3 nitrogen and oxygen atoms in total. The molecule has 1 fully saturated rings. The third-order valence-corrected chi connectivity index (χ3v) is 3.98. The number of pyridine rings is 1. The molecule has 1 saturated heterocycles. The lowest BCUT2D eigenvalue weighted by Crippen LogP contribution is -2.28. The van der Waals surface area contributed by atoms with Crippen LogP contribution in [-0.4, -0.2) is 27.5 Å². The fourth-order valence-electron chi connectivity index (χ4n) is 1.83. The molecule has 2 heterocycles. The molecule has 4 heteroatoms. The molecule has 0 saturated carbocycles. The van der Waals surface area contributed by atoms with Crippen molar-refractivity contribution in [3.63, 3.8) is 0 Å². The van der Waals surface area contributed by atoms with E-state index in [-0.39, 0.29) is 0 Å². The Morgan fingerprint density at radius 1 is 1.53 bits per heavy atom. The molecule has 15 heavy (non-hydrogen) atoms. The molecule has 0 amide bonds. The summed E-state index contributed by atoms with van der Waals surface area (Å²) in [6.07, 6.45) is 4.12. The molecule has 2 atom stereocenters. The molecular formula is C11H16N2OS. The standard InChI is InChI=1S/C11H16N2OS/c14-15(9-11-5-3-7-13-11)8-10-4-1-2-6-12-10/h1-2,4,6,11,13H,3,5,7-9H2. The maximum atomic E-state index is 11.8. The lowest BCUT2D eigenvalue weighted by molar-refractivity contribution is 0.642. The Labute approximate surface area is 92.8 Å². The first-order valence-electron chi connectivity index (χ1n) is 5.33. The van der Waals surface area contributed by atoms with E-state index in [1.54, 1.807) is 6.20 Å². The summed E-state index contributed by atoms with van der Waals surface area (Å²) in [7, 11) is -0.786. The second-order valence-electron chi connectivity index (χ2n) is 3.87. The van der Waals surface area contributed by atoms with Crippen molar-refractivity contribution in [2.75, 3.05) is 12.3 Å². The predicted octanol–water partition coefficient (Wildman–Crippen LogP) is 1.08. The van der Waals surface area contributed by atoms with E-state index in [9.17, 15) is 4.21 Å². The van der Waals surface area contributed by atoms with Gasteiger partial charge in [0, 0.05) is 28.8 Å². The molecule has 0 radical (unpaired) electrons. The molecule has 1 aliphatic heterocycles. The van der Waals surface area contributed by atoms with Crippen molar-refractivity contribution >= 4 is 10.8 Å². The molecule has 2 unspecified atom stereocenters. The normalized spacial score (nSPS) is 22.8. The Morgan fingerprint density at radius 3 is 3.13 bits per heavy atom. The first kappa shape index (κ1) is 10.8. The highest BCUT2D eigenvalue weighted by Gasteiger charge is 2.16. The summed E-state index contributed by atoms with van der Waals surface area (Å²) in [5, 5.41) is 3.36. The zero-order valence-electron chi connectivity index (χ0n) is 8.69. The van der Waals surface area contributed by atoms with Crippen molar-refractivity contribution in [2.24, 2.45) is 0 Å². The van der Waals surface area contributed by atoms with Gasteiger partial charge in [-0.3, -0.25) is 9.19 Å². The van der Waals surface area contributed by atoms with Crippen LogP contribution in [0.1, 0.15) is 18.5 Å². The van der Waals surface area contributed by atoms with Crippen molar-refractivity contribution in [1.29, 1.82) is 0 Å². The zero-order valence-corrected chi connectivity index (χ0v) is 9.50. The Hall–Kier alpha value is -0.740. The summed E-state index contributed by atoms with van der Waals surface area (Å²) in [5.41, 5.74) is 0.925. The largest absolute Gasteiger partial charge is 0.313 e. The topological polar surface area (TPSA) is 42.0 Å². The minimum absolute atomic E-state index is 0.453. The van der Waals surface area contributed by atoms with Crippen LogP contribution in [0.4, 0.5) is 0 Å². The van der Waals surface area contributed by atoms with E-state index in [1.165, 1.54) is 6.42 Å². The van der Waals surface area contributed by atoms with Crippen LogP contribution in [0.25, 0.3) is 0 Å². The number of nitrogens with zero attached hydrogens (tertiary/aromatic N) is 1. The van der Waals surface area contributed by atoms with Crippen LogP contribution in [0, 0.1) is 0 Å². The van der Waals surface area contributed by atoms with Gasteiger partial charge in [0.2, 0.25) is 0 Å². The molecule has 1 aromatic rings. The van der Waals surface area contributed by atoms with E-state index in [2.05, 4.69) is 10.3 Å². The van der Waals surface area contributed by atoms with Gasteiger partial charge in [-0.05, 0) is 31.5 Å². The Morgan fingerprint density at radius 2 is 2.47 bits per heavy atom. The van der Waals surface area contributed by atoms with E-state index < -0.39 is 10.8 Å². The van der Waals surface area contributed by atoms with Crippen LogP contribution in [-0.2, 0) is 16.6 Å². The molecule has 0 aliphatic carbocycles. The number of rotatable bonds is 4. The van der Waals surface area contributed by atoms with Crippen LogP contribution < -0.4 is 5.32 Å². The molecule has 0 spiro atoms. The van der Waals surface area contributed by atoms with Crippen LogP contribution >= 0.6 is 0 Å². The highest BCUT2D eigenvalue weighted by atomic mass is 32.2. The minimum Gasteiger partial charge on any atom is -0.313 e. The van der Waals surface area contributed by atoms with Gasteiger partial charge in [-0.15, -0.1) is 0 Å². The lowest BCUT2D eigenvalue weighted by atomic mass is 10.3. The van der Waals surface area contributed by atoms with Crippen LogP contribution in [0.2, 0.25) is 0 Å². The summed E-state index contributed by atoms with van der Waals surface area (Å²) < 4.78 is 11.8. The average molecular weight is 224 g/mol. The van der Waals surface area contributed by atoms with E-state index in [0.29, 0.717) is 11.8 Å². The van der Waals surface area contributed by atoms with Gasteiger partial charge in [0.15, 0.2) is 0 Å². The Balaban J connectivity index is 1.82. The van der Waals surface area contributed by atoms with E-state index in [0.717, 1.165) is 24.4 Å². The monoisotopic (exact) mass is 224 g/mol. The van der Waals surface area contributed by atoms with Crippen molar-refractivity contribution in [3.05, 3.63) is 30.1 Å². The third kappa shape index (κ3) is 3.39. The van der Waals surface area contributed by atoms with Gasteiger partial charge in [-0.2, -0.15) is 0 Å². The fourth-order valence-corrected chi connectivity index (χ4v) is 3.18. The van der Waals surface area contributed by atoms with Crippen molar-refractivity contribution < 1.29 is 4.21 Å². The van der Waals surface area contributed by atoms with Gasteiger partial charge in [0.05, 0.1) is 11.4 Å². The van der Waals surface area contributed by atoms with Gasteiger partial charge < -0.3 is 5.32 Å². The van der Waals surface area contributed by atoms with Gasteiger partial charge in [-0.25, -0.2) is 0 Å². The molecule has 2 rings (SSSR count). The number of hydrogen-bond acceptors (Lipinski definition) is 3. The summed E-state index contributed by atoms with van der Waals surface area (Å²) in [5.74, 6) is 1.34. The first-order chi connectivity index (χ1) is 7.34. The van der Waals surface area contributed by atoms with Crippen LogP contribution in [0.15, 0.2) is 24.4 Å². The van der Waals surface area contributed by atoms with Gasteiger partial charge in [-0.1, -0.05) is 6.07 Å². The summed E-state index contributed by atoms with van der Waals surface area (Å²) in [6, 6.07) is 6.20. The Bertz CT molecular complexity index is 323. The maximum absolute atomic E-state index is 11.8. The summed E-state index contributed by atoms with van der Waals surface area (Å²) in [4.78, 5) is 4.18. The second-order valence-corrected chi connectivity index (χ2v) is 5.37. The average Bonchev–Trinajstić information content (AvgIpc) is 2.71. The molecule has 0 bridgehead atoms. The molecule has 1 aromatic heterocycles. The quantitative estimate of drug-likeness (QED) is 0.832. The highest BCUT2D eigenvalue weighted by Crippen LogP contribution is 2.08. The fraction of sp³-hybridized carbons (Fsp3) is 0.545. The SMILES string of the molecule is O=S(Cc1ccccn1)CC1CCCN1. The maximum Gasteiger partial charge on any atom is 0.0659 e. The van der Waals surface area contributed by atoms with Crippen molar-refractivity contribution in [2.45, 2.75) is 24.6 Å². The third-order valence-electron chi connectivity index (χ3n) is 2.58. The van der Waals surface area contributed by atoms with Crippen molar-refractivity contribution in [1.82, 2.24) is 10.3 Å².